The molecule has 4 rings (SSSR count). The SMILES string of the molecule is CN1CCN(CCN(c2cc(NC(=O)c3ccc(-c4ccc(C(F)(F)F)cc4)cc3)ccc2O)S(=O)O)CC1. The number of amides is 1. The topological polar surface area (TPSA) is 96.4 Å². The van der Waals surface area contributed by atoms with Gasteiger partial charge >= 0.3 is 6.18 Å². The van der Waals surface area contributed by atoms with E-state index in [0.717, 1.165) is 38.3 Å². The third kappa shape index (κ3) is 7.35. The molecule has 1 unspecified atom stereocenters. The number of piperazine rings is 1. The van der Waals surface area contributed by atoms with Gasteiger partial charge in [0.25, 0.3) is 17.2 Å². The first-order chi connectivity index (χ1) is 18.5. The number of aromatic hydroxyl groups is 1. The van der Waals surface area contributed by atoms with Gasteiger partial charge in [-0.15, -0.1) is 0 Å². The van der Waals surface area contributed by atoms with E-state index in [1.807, 2.05) is 7.05 Å². The Bertz CT molecular complexity index is 1310. The molecule has 1 atom stereocenters. The van der Waals surface area contributed by atoms with Gasteiger partial charge in [0.1, 0.15) is 5.75 Å². The summed E-state index contributed by atoms with van der Waals surface area (Å²) in [6, 6.07) is 15.4. The van der Waals surface area contributed by atoms with Crippen molar-refractivity contribution in [2.45, 2.75) is 6.18 Å². The summed E-state index contributed by atoms with van der Waals surface area (Å²) in [7, 11) is 2.04. The van der Waals surface area contributed by atoms with E-state index in [4.69, 9.17) is 0 Å². The van der Waals surface area contributed by atoms with Crippen LogP contribution in [0.2, 0.25) is 0 Å². The van der Waals surface area contributed by atoms with Gasteiger partial charge < -0.3 is 15.3 Å². The van der Waals surface area contributed by atoms with E-state index in [-0.39, 0.29) is 18.0 Å². The van der Waals surface area contributed by atoms with E-state index in [1.165, 1.54) is 34.6 Å². The molecular weight excluding hydrogens is 533 g/mol. The van der Waals surface area contributed by atoms with Gasteiger partial charge in [-0.25, -0.2) is 4.21 Å². The number of carbonyl (C=O) groups excluding carboxylic acids is 1. The molecule has 0 spiro atoms. The highest BCUT2D eigenvalue weighted by Gasteiger charge is 2.30. The molecule has 3 aromatic rings. The van der Waals surface area contributed by atoms with Crippen LogP contribution < -0.4 is 9.62 Å². The molecule has 1 heterocycles. The minimum absolute atomic E-state index is 0.111. The van der Waals surface area contributed by atoms with Gasteiger partial charge in [-0.2, -0.15) is 13.2 Å². The lowest BCUT2D eigenvalue weighted by Crippen LogP contribution is -2.47. The summed E-state index contributed by atoms with van der Waals surface area (Å²) in [5, 5.41) is 13.1. The fourth-order valence-electron chi connectivity index (χ4n) is 4.26. The van der Waals surface area contributed by atoms with Crippen molar-refractivity contribution in [1.29, 1.82) is 0 Å². The second kappa shape index (κ2) is 12.2. The standard InChI is InChI=1S/C27H29F3N4O4S/c1-32-12-14-33(15-13-32)16-17-34(39(37)38)24-18-23(10-11-25(24)35)31-26(36)21-4-2-19(3-5-21)20-6-8-22(9-7-20)27(28,29)30/h2-11,18,35H,12-17H2,1H3,(H,31,36)(H,37,38). The Morgan fingerprint density at radius 1 is 0.974 bits per heavy atom. The lowest BCUT2D eigenvalue weighted by molar-refractivity contribution is -0.137. The highest BCUT2D eigenvalue weighted by Crippen LogP contribution is 2.32. The Morgan fingerprint density at radius 2 is 1.56 bits per heavy atom. The van der Waals surface area contributed by atoms with Crippen molar-refractivity contribution >= 4 is 28.5 Å². The van der Waals surface area contributed by atoms with Gasteiger partial charge in [0.15, 0.2) is 0 Å². The zero-order chi connectivity index (χ0) is 28.2. The Labute approximate surface area is 227 Å². The molecule has 1 aliphatic rings. The van der Waals surface area contributed by atoms with Crippen LogP contribution in [-0.4, -0.2) is 75.9 Å². The van der Waals surface area contributed by atoms with E-state index in [1.54, 1.807) is 24.3 Å². The first-order valence-electron chi connectivity index (χ1n) is 12.2. The molecule has 1 amide bonds. The highest BCUT2D eigenvalue weighted by molar-refractivity contribution is 7.80. The van der Waals surface area contributed by atoms with E-state index >= 15 is 0 Å². The number of carbonyl (C=O) groups is 1. The summed E-state index contributed by atoms with van der Waals surface area (Å²) in [5.41, 5.74) is 1.21. The summed E-state index contributed by atoms with van der Waals surface area (Å²) in [5.74, 6) is -0.658. The predicted octanol–water partition coefficient (Wildman–Crippen LogP) is 4.52. The molecule has 39 heavy (non-hydrogen) atoms. The number of phenols is 1. The van der Waals surface area contributed by atoms with Crippen molar-refractivity contribution in [3.63, 3.8) is 0 Å². The number of rotatable bonds is 8. The Hall–Kier alpha value is -3.45. The van der Waals surface area contributed by atoms with Gasteiger partial charge in [0, 0.05) is 50.5 Å². The summed E-state index contributed by atoms with van der Waals surface area (Å²) in [6.45, 7) is 4.20. The number of alkyl halides is 3. The normalized spacial score (nSPS) is 15.6. The van der Waals surface area contributed by atoms with E-state index in [0.29, 0.717) is 28.9 Å². The molecule has 0 bridgehead atoms. The number of hydrogen-bond acceptors (Lipinski definition) is 5. The average molecular weight is 563 g/mol. The molecule has 1 fully saturated rings. The van der Waals surface area contributed by atoms with Crippen LogP contribution in [0.4, 0.5) is 24.5 Å². The number of phenolic OH excluding ortho intramolecular Hbond substituents is 1. The van der Waals surface area contributed by atoms with Crippen LogP contribution in [0.25, 0.3) is 11.1 Å². The van der Waals surface area contributed by atoms with Gasteiger partial charge in [-0.1, -0.05) is 24.3 Å². The largest absolute Gasteiger partial charge is 0.506 e. The van der Waals surface area contributed by atoms with Crippen LogP contribution >= 0.6 is 0 Å². The van der Waals surface area contributed by atoms with Gasteiger partial charge in [0.05, 0.1) is 11.3 Å². The van der Waals surface area contributed by atoms with Crippen molar-refractivity contribution in [3.8, 4) is 16.9 Å². The molecule has 0 radical (unpaired) electrons. The molecule has 0 saturated carbocycles. The minimum Gasteiger partial charge on any atom is -0.506 e. The fraction of sp³-hybridized carbons (Fsp3) is 0.296. The predicted molar refractivity (Wildman–Crippen MR) is 145 cm³/mol. The van der Waals surface area contributed by atoms with Crippen molar-refractivity contribution in [2.75, 3.05) is 55.9 Å². The first-order valence-corrected chi connectivity index (χ1v) is 13.3. The summed E-state index contributed by atoms with van der Waals surface area (Å²) in [4.78, 5) is 17.2. The number of hydrogen-bond donors (Lipinski definition) is 3. The molecule has 0 aliphatic carbocycles. The van der Waals surface area contributed by atoms with Crippen LogP contribution in [-0.2, 0) is 17.4 Å². The summed E-state index contributed by atoms with van der Waals surface area (Å²) < 4.78 is 61.6. The molecule has 1 aliphatic heterocycles. The number of nitrogens with one attached hydrogen (secondary N) is 1. The molecule has 1 saturated heterocycles. The number of anilines is 2. The van der Waals surface area contributed by atoms with Crippen LogP contribution in [0.15, 0.2) is 66.7 Å². The Balaban J connectivity index is 1.43. The lowest BCUT2D eigenvalue weighted by Gasteiger charge is -2.33. The second-order valence-corrected chi connectivity index (χ2v) is 10.2. The van der Waals surface area contributed by atoms with Crippen LogP contribution in [0.5, 0.6) is 5.75 Å². The quantitative estimate of drug-likeness (QED) is 0.276. The molecule has 3 N–H and O–H groups in total. The van der Waals surface area contributed by atoms with Crippen LogP contribution in [0.1, 0.15) is 15.9 Å². The number of benzene rings is 3. The van der Waals surface area contributed by atoms with E-state index in [9.17, 15) is 31.8 Å². The Morgan fingerprint density at radius 3 is 2.13 bits per heavy atom. The third-order valence-electron chi connectivity index (χ3n) is 6.60. The minimum atomic E-state index is -4.41. The lowest BCUT2D eigenvalue weighted by atomic mass is 10.0. The maximum absolute atomic E-state index is 12.8. The summed E-state index contributed by atoms with van der Waals surface area (Å²) >= 11 is -2.40. The number of likely N-dealkylation sites (N-methyl/N-ethyl adjacent to an activating group) is 1. The third-order valence-corrected chi connectivity index (χ3v) is 7.35. The Kier molecular flexibility index (Phi) is 8.90. The average Bonchev–Trinajstić information content (AvgIpc) is 2.91. The molecular formula is C27H29F3N4O4S. The molecule has 0 aromatic heterocycles. The molecule has 8 nitrogen and oxygen atoms in total. The number of halogens is 3. The molecule has 3 aromatic carbocycles. The van der Waals surface area contributed by atoms with Crippen molar-refractivity contribution in [1.82, 2.24) is 9.80 Å². The molecule has 12 heteroatoms. The van der Waals surface area contributed by atoms with Crippen molar-refractivity contribution < 1.29 is 31.8 Å². The van der Waals surface area contributed by atoms with Crippen molar-refractivity contribution in [2.24, 2.45) is 0 Å². The van der Waals surface area contributed by atoms with Gasteiger partial charge in [0.2, 0.25) is 0 Å². The zero-order valence-corrected chi connectivity index (χ0v) is 22.0. The smallest absolute Gasteiger partial charge is 0.416 e. The van der Waals surface area contributed by atoms with Gasteiger partial charge in [-0.05, 0) is 60.6 Å². The van der Waals surface area contributed by atoms with Crippen LogP contribution in [0.3, 0.4) is 0 Å². The van der Waals surface area contributed by atoms with E-state index < -0.39 is 28.9 Å². The fourth-order valence-corrected chi connectivity index (χ4v) is 4.81. The second-order valence-electron chi connectivity index (χ2n) is 9.29. The van der Waals surface area contributed by atoms with E-state index in [2.05, 4.69) is 15.1 Å². The van der Waals surface area contributed by atoms with Gasteiger partial charge in [-0.3, -0.25) is 18.6 Å². The molecule has 208 valence electrons. The monoisotopic (exact) mass is 562 g/mol. The maximum Gasteiger partial charge on any atom is 0.416 e. The highest BCUT2D eigenvalue weighted by atomic mass is 32.2. The maximum atomic E-state index is 12.8. The van der Waals surface area contributed by atoms with Crippen molar-refractivity contribution in [3.05, 3.63) is 77.9 Å². The summed E-state index contributed by atoms with van der Waals surface area (Å²) in [6.07, 6.45) is -4.41. The number of nitrogens with zero attached hydrogens (tertiary/aromatic N) is 3. The zero-order valence-electron chi connectivity index (χ0n) is 21.2. The van der Waals surface area contributed by atoms with Crippen LogP contribution in [0, 0.1) is 0 Å². The first kappa shape index (κ1) is 28.6.